The molecule has 1 aliphatic heterocycles. The Morgan fingerprint density at radius 3 is 1.37 bits per heavy atom. The van der Waals surface area contributed by atoms with E-state index in [1.165, 1.54) is 141 Å². The molecule has 1 aliphatic rings. The zero-order chi connectivity index (χ0) is 45.5. The lowest BCUT2D eigenvalue weighted by Gasteiger charge is -2.39. The van der Waals surface area contributed by atoms with Gasteiger partial charge in [0.25, 0.3) is 7.82 Å². The highest BCUT2D eigenvalue weighted by Crippen LogP contribution is 2.38. The van der Waals surface area contributed by atoms with Gasteiger partial charge in [-0.25, -0.2) is 0 Å². The van der Waals surface area contributed by atoms with Crippen LogP contribution in [0.5, 0.6) is 0 Å². The highest BCUT2D eigenvalue weighted by atomic mass is 31.2. The molecule has 368 valence electrons. The number of rotatable bonds is 44. The first-order valence-electron chi connectivity index (χ1n) is 24.9. The van der Waals surface area contributed by atoms with Crippen molar-refractivity contribution in [1.29, 1.82) is 0 Å². The van der Waals surface area contributed by atoms with E-state index in [4.69, 9.17) is 28.0 Å². The van der Waals surface area contributed by atoms with Crippen LogP contribution in [0, 0.1) is 0 Å². The van der Waals surface area contributed by atoms with Crippen LogP contribution < -0.4 is 4.89 Å². The Hall–Kier alpha value is -1.19. The number of unbranched alkanes of at least 4 members (excludes halogenated alkanes) is 28. The van der Waals surface area contributed by atoms with Gasteiger partial charge >= 0.3 is 11.9 Å². The monoisotopic (exact) mass is 910 g/mol. The van der Waals surface area contributed by atoms with E-state index in [-0.39, 0.29) is 19.4 Å². The molecule has 1 fully saturated rings. The van der Waals surface area contributed by atoms with Crippen LogP contribution in [-0.2, 0) is 42.1 Å². The zero-order valence-electron chi connectivity index (χ0n) is 38.9. The molecule has 62 heavy (non-hydrogen) atoms. The zero-order valence-corrected chi connectivity index (χ0v) is 39.8. The Balaban J connectivity index is 2.40. The van der Waals surface area contributed by atoms with Gasteiger partial charge in [-0.05, 0) is 12.8 Å². The fourth-order valence-corrected chi connectivity index (χ4v) is 8.35. The first kappa shape index (κ1) is 58.8. The molecule has 7 atom stereocenters. The standard InChI is InChI=1S/C47H91O14P/c1-3-5-7-9-11-13-15-17-19-21-23-25-27-29-31-33-42(49)57-38-40(60-43(50)34-32-30-28-26-24-22-20-18-16-14-12-10-8-6-4-2)39-59-62(54,55)58-36-35-56-47-46(53)45(52)44(51)41(37-48)61-47/h40-41,44-48,51-53H,3-39H2,1-2H3,(H,54,55)/p-1. The normalized spacial score (nSPS) is 20.5. The van der Waals surface area contributed by atoms with Crippen LogP contribution in [-0.4, -0.2) is 102 Å². The number of carbonyl (C=O) groups excluding carboxylic acids is 2. The quantitative estimate of drug-likeness (QED) is 0.0255. The minimum Gasteiger partial charge on any atom is -0.756 e. The van der Waals surface area contributed by atoms with E-state index in [2.05, 4.69) is 13.8 Å². The summed E-state index contributed by atoms with van der Waals surface area (Å²) in [5.41, 5.74) is 0. The Kier molecular flexibility index (Phi) is 38.1. The first-order chi connectivity index (χ1) is 30.0. The molecule has 0 aromatic heterocycles. The lowest BCUT2D eigenvalue weighted by Crippen LogP contribution is -2.59. The molecule has 14 nitrogen and oxygen atoms in total. The summed E-state index contributed by atoms with van der Waals surface area (Å²) in [5.74, 6) is -1.00. The SMILES string of the molecule is CCCCCCCCCCCCCCCCCC(=O)OCC(COP(=O)([O-])OCCOC1OC(CO)C(O)C(O)C1O)OC(=O)CCCCCCCCCCCCCCCCC. The maximum Gasteiger partial charge on any atom is 0.306 e. The third kappa shape index (κ3) is 32.5. The van der Waals surface area contributed by atoms with Crippen molar-refractivity contribution in [2.75, 3.05) is 33.0 Å². The molecule has 0 aromatic carbocycles. The van der Waals surface area contributed by atoms with Crippen molar-refractivity contribution in [3.8, 4) is 0 Å². The molecule has 0 saturated carbocycles. The second kappa shape index (κ2) is 40.1. The lowest BCUT2D eigenvalue weighted by atomic mass is 9.99. The molecule has 15 heteroatoms. The highest BCUT2D eigenvalue weighted by molar-refractivity contribution is 7.45. The summed E-state index contributed by atoms with van der Waals surface area (Å²) in [7, 11) is -4.96. The Bertz CT molecular complexity index is 1100. The number of phosphoric acid groups is 1. The van der Waals surface area contributed by atoms with Gasteiger partial charge in [0.05, 0.1) is 26.4 Å². The second-order valence-electron chi connectivity index (χ2n) is 17.3. The topological polar surface area (TPSA) is 211 Å². The Morgan fingerprint density at radius 2 is 0.952 bits per heavy atom. The molecular formula is C47H90O14P-. The van der Waals surface area contributed by atoms with E-state index in [0.717, 1.165) is 38.5 Å². The predicted octanol–water partition coefficient (Wildman–Crippen LogP) is 9.28. The summed E-state index contributed by atoms with van der Waals surface area (Å²) in [6, 6.07) is 0. The molecular weight excluding hydrogens is 819 g/mol. The molecule has 0 radical (unpaired) electrons. The van der Waals surface area contributed by atoms with Crippen LogP contribution in [0.2, 0.25) is 0 Å². The van der Waals surface area contributed by atoms with Crippen molar-refractivity contribution in [1.82, 2.24) is 0 Å². The van der Waals surface area contributed by atoms with Gasteiger partial charge in [-0.15, -0.1) is 0 Å². The van der Waals surface area contributed by atoms with Crippen LogP contribution >= 0.6 is 7.82 Å². The molecule has 0 aliphatic carbocycles. The number of hydrogen-bond donors (Lipinski definition) is 4. The van der Waals surface area contributed by atoms with E-state index in [0.29, 0.717) is 12.8 Å². The van der Waals surface area contributed by atoms with E-state index < -0.39 is 83.0 Å². The van der Waals surface area contributed by atoms with Gasteiger partial charge in [-0.1, -0.05) is 194 Å². The van der Waals surface area contributed by atoms with Crippen LogP contribution in [0.4, 0.5) is 0 Å². The fraction of sp³-hybridized carbons (Fsp3) is 0.957. The van der Waals surface area contributed by atoms with Crippen LogP contribution in [0.25, 0.3) is 0 Å². The third-order valence-electron chi connectivity index (χ3n) is 11.6. The van der Waals surface area contributed by atoms with E-state index in [1.54, 1.807) is 0 Å². The number of esters is 2. The molecule has 0 bridgehead atoms. The van der Waals surface area contributed by atoms with Gasteiger partial charge < -0.3 is 53.3 Å². The number of ether oxygens (including phenoxy) is 4. The molecule has 0 spiro atoms. The Labute approximate surface area is 375 Å². The van der Waals surface area contributed by atoms with Gasteiger partial charge in [0.2, 0.25) is 0 Å². The number of aliphatic hydroxyl groups is 4. The minimum absolute atomic E-state index is 0.142. The van der Waals surface area contributed by atoms with Crippen LogP contribution in [0.15, 0.2) is 0 Å². The number of carbonyl (C=O) groups is 2. The van der Waals surface area contributed by atoms with Crippen molar-refractivity contribution < 1.29 is 67.5 Å². The number of hydrogen-bond acceptors (Lipinski definition) is 14. The lowest BCUT2D eigenvalue weighted by molar-refractivity contribution is -0.302. The molecule has 1 rings (SSSR count). The van der Waals surface area contributed by atoms with Gasteiger partial charge in [-0.2, -0.15) is 0 Å². The van der Waals surface area contributed by atoms with Crippen molar-refractivity contribution in [2.45, 2.75) is 256 Å². The van der Waals surface area contributed by atoms with Gasteiger partial charge in [0, 0.05) is 12.8 Å². The third-order valence-corrected chi connectivity index (χ3v) is 12.5. The van der Waals surface area contributed by atoms with Gasteiger partial charge in [-0.3, -0.25) is 14.2 Å². The maximum absolute atomic E-state index is 12.8. The minimum atomic E-state index is -4.96. The van der Waals surface area contributed by atoms with E-state index in [9.17, 15) is 39.5 Å². The number of phosphoric ester groups is 1. The second-order valence-corrected chi connectivity index (χ2v) is 18.7. The van der Waals surface area contributed by atoms with Crippen molar-refractivity contribution in [3.63, 3.8) is 0 Å². The smallest absolute Gasteiger partial charge is 0.306 e. The van der Waals surface area contributed by atoms with Crippen molar-refractivity contribution in [3.05, 3.63) is 0 Å². The molecule has 1 heterocycles. The highest BCUT2D eigenvalue weighted by Gasteiger charge is 2.44. The van der Waals surface area contributed by atoms with Crippen molar-refractivity contribution >= 4 is 19.8 Å². The molecule has 1 saturated heterocycles. The van der Waals surface area contributed by atoms with E-state index >= 15 is 0 Å². The van der Waals surface area contributed by atoms with Crippen LogP contribution in [0.1, 0.15) is 219 Å². The van der Waals surface area contributed by atoms with Crippen molar-refractivity contribution in [2.24, 2.45) is 0 Å². The first-order valence-corrected chi connectivity index (χ1v) is 26.4. The van der Waals surface area contributed by atoms with Gasteiger partial charge in [0.1, 0.15) is 31.0 Å². The predicted molar refractivity (Wildman–Crippen MR) is 239 cm³/mol. The summed E-state index contributed by atoms with van der Waals surface area (Å²) in [6.07, 6.45) is 27.8. The van der Waals surface area contributed by atoms with E-state index in [1.807, 2.05) is 0 Å². The largest absolute Gasteiger partial charge is 0.756 e. The summed E-state index contributed by atoms with van der Waals surface area (Å²) < 4.78 is 43.8. The molecule has 0 aromatic rings. The average Bonchev–Trinajstić information content (AvgIpc) is 3.25. The average molecular weight is 910 g/mol. The molecule has 4 N–H and O–H groups in total. The summed E-state index contributed by atoms with van der Waals surface area (Å²) in [5, 5.41) is 39.3. The Morgan fingerprint density at radius 1 is 0.548 bits per heavy atom. The summed E-state index contributed by atoms with van der Waals surface area (Å²) in [4.78, 5) is 37.9. The molecule has 0 amide bonds. The fourth-order valence-electron chi connectivity index (χ4n) is 7.63. The number of aliphatic hydroxyl groups excluding tert-OH is 4. The summed E-state index contributed by atoms with van der Waals surface area (Å²) >= 11 is 0. The van der Waals surface area contributed by atoms with Crippen LogP contribution in [0.3, 0.4) is 0 Å². The molecule has 7 unspecified atom stereocenters. The van der Waals surface area contributed by atoms with Gasteiger partial charge in [0.15, 0.2) is 12.4 Å². The maximum atomic E-state index is 12.8. The summed E-state index contributed by atoms with van der Waals surface area (Å²) in [6.45, 7) is 1.85.